The van der Waals surface area contributed by atoms with Gasteiger partial charge >= 0.3 is 0 Å². The Labute approximate surface area is 110 Å². The topological polar surface area (TPSA) is 73.0 Å². The summed E-state index contributed by atoms with van der Waals surface area (Å²) in [6.45, 7) is 1.73. The molecule has 6 heteroatoms. The molecule has 0 radical (unpaired) electrons. The normalized spacial score (nSPS) is 16.3. The lowest BCUT2D eigenvalue weighted by molar-refractivity contribution is 0.0923. The number of oxazole rings is 1. The predicted octanol–water partition coefficient (Wildman–Crippen LogP) is 1.60. The Morgan fingerprint density at radius 1 is 1.53 bits per heavy atom. The largest absolute Gasteiger partial charge is 0.448 e. The summed E-state index contributed by atoms with van der Waals surface area (Å²) in [5.41, 5.74) is 0.347. The van der Waals surface area contributed by atoms with Gasteiger partial charge in [0.15, 0.2) is 12.1 Å². The van der Waals surface area contributed by atoms with Crippen molar-refractivity contribution in [3.63, 3.8) is 0 Å². The van der Waals surface area contributed by atoms with E-state index in [9.17, 15) is 4.79 Å². The molecular formula is C13H16N4O2. The van der Waals surface area contributed by atoms with E-state index in [2.05, 4.69) is 15.3 Å². The Hall–Kier alpha value is -2.11. The summed E-state index contributed by atoms with van der Waals surface area (Å²) in [4.78, 5) is 20.5. The second-order valence-corrected chi connectivity index (χ2v) is 4.94. The van der Waals surface area contributed by atoms with E-state index in [1.165, 1.54) is 6.39 Å². The van der Waals surface area contributed by atoms with E-state index in [0.29, 0.717) is 17.4 Å². The Morgan fingerprint density at radius 2 is 2.32 bits per heavy atom. The molecule has 1 aliphatic rings. The third-order valence-corrected chi connectivity index (χ3v) is 3.48. The summed E-state index contributed by atoms with van der Waals surface area (Å²) >= 11 is 0. The van der Waals surface area contributed by atoms with Crippen molar-refractivity contribution in [1.82, 2.24) is 19.9 Å². The molecule has 2 heterocycles. The van der Waals surface area contributed by atoms with Crippen LogP contribution >= 0.6 is 0 Å². The molecular weight excluding hydrogens is 244 g/mol. The van der Waals surface area contributed by atoms with Gasteiger partial charge in [0.25, 0.3) is 5.91 Å². The Morgan fingerprint density at radius 3 is 2.84 bits per heavy atom. The minimum absolute atomic E-state index is 0.0522. The molecule has 0 aliphatic heterocycles. The van der Waals surface area contributed by atoms with Crippen molar-refractivity contribution in [3.05, 3.63) is 36.1 Å². The van der Waals surface area contributed by atoms with E-state index in [0.717, 1.165) is 18.7 Å². The zero-order valence-corrected chi connectivity index (χ0v) is 11.0. The Balaban J connectivity index is 1.81. The average Bonchev–Trinajstić information content (AvgIpc) is 3.00. The van der Waals surface area contributed by atoms with E-state index in [1.807, 2.05) is 17.8 Å². The minimum Gasteiger partial charge on any atom is -0.448 e. The number of carbonyl (C=O) groups excluding carboxylic acids is 1. The maximum Gasteiger partial charge on any atom is 0.274 e. The molecule has 3 rings (SSSR count). The van der Waals surface area contributed by atoms with Crippen LogP contribution < -0.4 is 5.32 Å². The predicted molar refractivity (Wildman–Crippen MR) is 67.4 cm³/mol. The fourth-order valence-electron chi connectivity index (χ4n) is 2.23. The smallest absolute Gasteiger partial charge is 0.274 e. The van der Waals surface area contributed by atoms with Gasteiger partial charge in [-0.05, 0) is 25.7 Å². The number of amides is 1. The van der Waals surface area contributed by atoms with Gasteiger partial charge in [0.1, 0.15) is 11.6 Å². The van der Waals surface area contributed by atoms with Gasteiger partial charge in [0.05, 0.1) is 6.04 Å². The maximum atomic E-state index is 12.2. The summed E-state index contributed by atoms with van der Waals surface area (Å²) in [6.07, 6.45) is 7.17. The van der Waals surface area contributed by atoms with Crippen LogP contribution in [-0.4, -0.2) is 20.4 Å². The standard InChI is InChI=1S/C13H16N4O2/c1-8-10(15-7-19-8)13(18)16-11(9-3-4-9)12-14-5-6-17(12)2/h5-7,9,11H,3-4H2,1-2H3,(H,16,18)/t11-/m0/s1. The summed E-state index contributed by atoms with van der Waals surface area (Å²) in [5.74, 6) is 1.69. The number of hydrogen-bond donors (Lipinski definition) is 1. The van der Waals surface area contributed by atoms with Crippen molar-refractivity contribution in [2.45, 2.75) is 25.8 Å². The zero-order chi connectivity index (χ0) is 13.4. The summed E-state index contributed by atoms with van der Waals surface area (Å²) in [6, 6.07) is -0.0522. The van der Waals surface area contributed by atoms with Crippen LogP contribution in [0.3, 0.4) is 0 Å². The minimum atomic E-state index is -0.203. The van der Waals surface area contributed by atoms with Crippen molar-refractivity contribution < 1.29 is 9.21 Å². The SMILES string of the molecule is Cc1ocnc1C(=O)N[C@H](c1nccn1C)C1CC1. The summed E-state index contributed by atoms with van der Waals surface area (Å²) < 4.78 is 7.01. The second kappa shape index (κ2) is 4.53. The lowest BCUT2D eigenvalue weighted by Crippen LogP contribution is -2.32. The average molecular weight is 260 g/mol. The fourth-order valence-corrected chi connectivity index (χ4v) is 2.23. The number of carbonyl (C=O) groups is 1. The van der Waals surface area contributed by atoms with Gasteiger partial charge in [-0.1, -0.05) is 0 Å². The molecule has 100 valence electrons. The molecule has 2 aromatic rings. The molecule has 0 bridgehead atoms. The van der Waals surface area contributed by atoms with Crippen LogP contribution in [0.15, 0.2) is 23.2 Å². The lowest BCUT2D eigenvalue weighted by Gasteiger charge is -2.17. The number of aryl methyl sites for hydroxylation is 2. The molecule has 0 saturated heterocycles. The van der Waals surface area contributed by atoms with Crippen molar-refractivity contribution in [2.75, 3.05) is 0 Å². The van der Waals surface area contributed by atoms with E-state index < -0.39 is 0 Å². The van der Waals surface area contributed by atoms with Crippen LogP contribution in [0.1, 0.15) is 41.0 Å². The van der Waals surface area contributed by atoms with E-state index in [1.54, 1.807) is 13.1 Å². The van der Waals surface area contributed by atoms with Gasteiger partial charge in [-0.25, -0.2) is 9.97 Å². The highest BCUT2D eigenvalue weighted by Crippen LogP contribution is 2.40. The Bertz CT molecular complexity index is 597. The van der Waals surface area contributed by atoms with Gasteiger partial charge in [0.2, 0.25) is 0 Å². The van der Waals surface area contributed by atoms with Crippen molar-refractivity contribution in [3.8, 4) is 0 Å². The monoisotopic (exact) mass is 260 g/mol. The first kappa shape index (κ1) is 12.0. The first-order valence-electron chi connectivity index (χ1n) is 6.35. The third-order valence-electron chi connectivity index (χ3n) is 3.48. The van der Waals surface area contributed by atoms with Crippen LogP contribution in [-0.2, 0) is 7.05 Å². The molecule has 0 spiro atoms. The number of imidazole rings is 1. The number of aromatic nitrogens is 3. The van der Waals surface area contributed by atoms with Crippen molar-refractivity contribution >= 4 is 5.91 Å². The molecule has 1 saturated carbocycles. The molecule has 6 nitrogen and oxygen atoms in total. The van der Waals surface area contributed by atoms with Crippen molar-refractivity contribution in [1.29, 1.82) is 0 Å². The van der Waals surface area contributed by atoms with Gasteiger partial charge in [-0.15, -0.1) is 0 Å². The van der Waals surface area contributed by atoms with Crippen LogP contribution in [0, 0.1) is 12.8 Å². The fraction of sp³-hybridized carbons (Fsp3) is 0.462. The molecule has 19 heavy (non-hydrogen) atoms. The van der Waals surface area contributed by atoms with Crippen LogP contribution in [0.5, 0.6) is 0 Å². The van der Waals surface area contributed by atoms with E-state index >= 15 is 0 Å². The quantitative estimate of drug-likeness (QED) is 0.906. The highest BCUT2D eigenvalue weighted by atomic mass is 16.3. The Kier molecular flexibility index (Phi) is 2.85. The maximum absolute atomic E-state index is 12.2. The zero-order valence-electron chi connectivity index (χ0n) is 11.0. The number of hydrogen-bond acceptors (Lipinski definition) is 4. The molecule has 0 unspecified atom stereocenters. The number of nitrogens with zero attached hydrogens (tertiary/aromatic N) is 3. The van der Waals surface area contributed by atoms with Crippen molar-refractivity contribution in [2.24, 2.45) is 13.0 Å². The highest BCUT2D eigenvalue weighted by molar-refractivity contribution is 5.93. The molecule has 1 aliphatic carbocycles. The van der Waals surface area contributed by atoms with Gasteiger partial charge in [-0.3, -0.25) is 4.79 Å². The molecule has 1 amide bonds. The third kappa shape index (κ3) is 2.25. The molecule has 1 N–H and O–H groups in total. The van der Waals surface area contributed by atoms with E-state index in [4.69, 9.17) is 4.42 Å². The molecule has 0 aromatic carbocycles. The van der Waals surface area contributed by atoms with Gasteiger partial charge < -0.3 is 14.3 Å². The lowest BCUT2D eigenvalue weighted by atomic mass is 10.1. The summed E-state index contributed by atoms with van der Waals surface area (Å²) in [7, 11) is 1.94. The van der Waals surface area contributed by atoms with Gasteiger partial charge in [0, 0.05) is 19.4 Å². The second-order valence-electron chi connectivity index (χ2n) is 4.94. The van der Waals surface area contributed by atoms with Gasteiger partial charge in [-0.2, -0.15) is 0 Å². The van der Waals surface area contributed by atoms with Crippen LogP contribution in [0.4, 0.5) is 0 Å². The number of nitrogens with one attached hydrogen (secondary N) is 1. The van der Waals surface area contributed by atoms with Crippen LogP contribution in [0.2, 0.25) is 0 Å². The first-order chi connectivity index (χ1) is 9.16. The molecule has 1 atom stereocenters. The molecule has 1 fully saturated rings. The molecule has 2 aromatic heterocycles. The van der Waals surface area contributed by atoms with E-state index in [-0.39, 0.29) is 11.9 Å². The highest BCUT2D eigenvalue weighted by Gasteiger charge is 2.36. The first-order valence-corrected chi connectivity index (χ1v) is 6.35. The van der Waals surface area contributed by atoms with Crippen LogP contribution in [0.25, 0.3) is 0 Å². The number of rotatable bonds is 4. The summed E-state index contributed by atoms with van der Waals surface area (Å²) in [5, 5.41) is 3.02.